The van der Waals surface area contributed by atoms with Crippen LogP contribution in [0.2, 0.25) is 0 Å². The van der Waals surface area contributed by atoms with Crippen molar-refractivity contribution in [2.75, 3.05) is 18.5 Å². The maximum atomic E-state index is 11.1. The molecule has 1 aliphatic heterocycles. The van der Waals surface area contributed by atoms with E-state index < -0.39 is 5.91 Å². The van der Waals surface area contributed by atoms with E-state index in [4.69, 9.17) is 10.5 Å². The van der Waals surface area contributed by atoms with Gasteiger partial charge in [0.1, 0.15) is 5.69 Å². The molecule has 0 unspecified atom stereocenters. The normalized spacial score (nSPS) is 27.9. The Morgan fingerprint density at radius 2 is 2.25 bits per heavy atom. The van der Waals surface area contributed by atoms with Crippen LogP contribution in [0.1, 0.15) is 29.8 Å². The van der Waals surface area contributed by atoms with Gasteiger partial charge in [0.25, 0.3) is 5.91 Å². The molecule has 6 nitrogen and oxygen atoms in total. The third-order valence-corrected chi connectivity index (χ3v) is 4.59. The van der Waals surface area contributed by atoms with E-state index in [1.54, 1.807) is 12.3 Å². The molecular weight excluding hydrogens is 258 g/mol. The van der Waals surface area contributed by atoms with E-state index >= 15 is 0 Å². The van der Waals surface area contributed by atoms with Crippen LogP contribution in [0.4, 0.5) is 5.69 Å². The number of hydrogen-bond acceptors (Lipinski definition) is 5. The molecule has 1 aromatic rings. The minimum absolute atomic E-state index is 0.103. The van der Waals surface area contributed by atoms with Crippen LogP contribution in [0.5, 0.6) is 0 Å². The van der Waals surface area contributed by atoms with Gasteiger partial charge in [0.2, 0.25) is 0 Å². The molecule has 1 amide bonds. The predicted molar refractivity (Wildman–Crippen MR) is 73.3 cm³/mol. The lowest BCUT2D eigenvalue weighted by atomic mass is 9.58. The second kappa shape index (κ2) is 5.03. The van der Waals surface area contributed by atoms with E-state index in [1.807, 2.05) is 6.07 Å². The van der Waals surface area contributed by atoms with Crippen LogP contribution in [0.25, 0.3) is 0 Å². The number of aliphatic hydroxyl groups is 1. The molecule has 0 radical (unpaired) electrons. The Kier molecular flexibility index (Phi) is 3.35. The molecule has 3 rings (SSSR count). The summed E-state index contributed by atoms with van der Waals surface area (Å²) in [5.74, 6) is -0.539. The smallest absolute Gasteiger partial charge is 0.267 e. The molecule has 2 aliphatic rings. The van der Waals surface area contributed by atoms with Crippen molar-refractivity contribution >= 4 is 11.6 Å². The highest BCUT2D eigenvalue weighted by Crippen LogP contribution is 2.50. The number of carbonyl (C=O) groups excluding carboxylic acids is 1. The van der Waals surface area contributed by atoms with Gasteiger partial charge in [0, 0.05) is 36.6 Å². The van der Waals surface area contributed by atoms with Crippen molar-refractivity contribution in [1.82, 2.24) is 4.98 Å². The maximum Gasteiger partial charge on any atom is 0.267 e. The molecule has 1 saturated heterocycles. The molecule has 108 valence electrons. The molecule has 6 heteroatoms. The van der Waals surface area contributed by atoms with Gasteiger partial charge in [-0.25, -0.2) is 0 Å². The Morgan fingerprint density at radius 1 is 1.50 bits per heavy atom. The van der Waals surface area contributed by atoms with Gasteiger partial charge in [-0.3, -0.25) is 9.78 Å². The third kappa shape index (κ3) is 2.14. The van der Waals surface area contributed by atoms with Gasteiger partial charge < -0.3 is 20.9 Å². The maximum absolute atomic E-state index is 11.1. The van der Waals surface area contributed by atoms with E-state index in [-0.39, 0.29) is 23.3 Å². The number of primary amides is 1. The summed E-state index contributed by atoms with van der Waals surface area (Å²) in [6.07, 6.45) is 3.73. The van der Waals surface area contributed by atoms with Crippen molar-refractivity contribution in [1.29, 1.82) is 0 Å². The number of hydrogen-bond donors (Lipinski definition) is 3. The Hall–Kier alpha value is -1.66. The number of ether oxygens (including phenoxy) is 1. The lowest BCUT2D eigenvalue weighted by Gasteiger charge is -2.56. The summed E-state index contributed by atoms with van der Waals surface area (Å²) in [5.41, 5.74) is 6.19. The van der Waals surface area contributed by atoms with Crippen LogP contribution in [-0.4, -0.2) is 41.4 Å². The quantitative estimate of drug-likeness (QED) is 0.748. The molecule has 2 fully saturated rings. The molecule has 1 aliphatic carbocycles. The average Bonchev–Trinajstić information content (AvgIpc) is 2.48. The summed E-state index contributed by atoms with van der Waals surface area (Å²) in [6, 6.07) is 3.66. The van der Waals surface area contributed by atoms with Crippen molar-refractivity contribution in [3.8, 4) is 0 Å². The number of rotatable bonds is 3. The second-order valence-electron chi connectivity index (χ2n) is 5.59. The average molecular weight is 277 g/mol. The third-order valence-electron chi connectivity index (χ3n) is 4.59. The number of nitrogens with zero attached hydrogens (tertiary/aromatic N) is 1. The first-order valence-electron chi connectivity index (χ1n) is 6.90. The van der Waals surface area contributed by atoms with Crippen LogP contribution in [0, 0.1) is 5.41 Å². The van der Waals surface area contributed by atoms with Gasteiger partial charge in [-0.15, -0.1) is 0 Å². The van der Waals surface area contributed by atoms with Crippen LogP contribution >= 0.6 is 0 Å². The number of nitrogens with one attached hydrogen (secondary N) is 1. The Morgan fingerprint density at radius 3 is 2.90 bits per heavy atom. The first-order valence-corrected chi connectivity index (χ1v) is 6.90. The number of nitrogens with two attached hydrogens (primary N) is 1. The molecule has 1 spiro atoms. The van der Waals surface area contributed by atoms with Gasteiger partial charge in [0.05, 0.1) is 6.10 Å². The number of aliphatic hydroxyl groups excluding tert-OH is 1. The van der Waals surface area contributed by atoms with Crippen molar-refractivity contribution < 1.29 is 14.6 Å². The largest absolute Gasteiger partial charge is 0.392 e. The van der Waals surface area contributed by atoms with E-state index in [2.05, 4.69) is 10.3 Å². The van der Waals surface area contributed by atoms with Gasteiger partial charge >= 0.3 is 0 Å². The molecular formula is C14H19N3O3. The number of aromatic nitrogens is 1. The molecule has 2 atom stereocenters. The number of amides is 1. The fraction of sp³-hybridized carbons (Fsp3) is 0.571. The van der Waals surface area contributed by atoms with Gasteiger partial charge in [-0.2, -0.15) is 0 Å². The second-order valence-corrected chi connectivity index (χ2v) is 5.59. The zero-order valence-electron chi connectivity index (χ0n) is 11.2. The zero-order valence-corrected chi connectivity index (χ0v) is 11.2. The predicted octanol–water partition coefficient (Wildman–Crippen LogP) is 0.522. The molecule has 1 aromatic heterocycles. The van der Waals surface area contributed by atoms with Gasteiger partial charge in [-0.05, 0) is 31.4 Å². The summed E-state index contributed by atoms with van der Waals surface area (Å²) >= 11 is 0. The number of pyridine rings is 1. The van der Waals surface area contributed by atoms with Crippen LogP contribution in [-0.2, 0) is 4.74 Å². The summed E-state index contributed by atoms with van der Waals surface area (Å²) in [6.45, 7) is 1.39. The summed E-state index contributed by atoms with van der Waals surface area (Å²) in [5, 5.41) is 13.5. The number of carbonyl (C=O) groups is 1. The minimum Gasteiger partial charge on any atom is -0.392 e. The summed E-state index contributed by atoms with van der Waals surface area (Å²) in [7, 11) is 0. The van der Waals surface area contributed by atoms with E-state index in [0.29, 0.717) is 19.6 Å². The lowest BCUT2D eigenvalue weighted by Crippen LogP contribution is -2.62. The fourth-order valence-corrected chi connectivity index (χ4v) is 3.26. The minimum atomic E-state index is -0.539. The zero-order chi connectivity index (χ0) is 14.2. The van der Waals surface area contributed by atoms with Crippen LogP contribution in [0.15, 0.2) is 18.3 Å². The first kappa shape index (κ1) is 13.3. The Labute approximate surface area is 117 Å². The fourth-order valence-electron chi connectivity index (χ4n) is 3.26. The van der Waals surface area contributed by atoms with Crippen LogP contribution in [0.3, 0.4) is 0 Å². The molecule has 0 bridgehead atoms. The van der Waals surface area contributed by atoms with E-state index in [0.717, 1.165) is 18.5 Å². The van der Waals surface area contributed by atoms with Crippen molar-refractivity contribution in [2.45, 2.75) is 31.4 Å². The van der Waals surface area contributed by atoms with Crippen LogP contribution < -0.4 is 11.1 Å². The summed E-state index contributed by atoms with van der Waals surface area (Å²) in [4.78, 5) is 15.1. The highest BCUT2D eigenvalue weighted by molar-refractivity contribution is 5.91. The summed E-state index contributed by atoms with van der Waals surface area (Å²) < 4.78 is 5.39. The van der Waals surface area contributed by atoms with Crippen molar-refractivity contribution in [3.05, 3.63) is 24.0 Å². The monoisotopic (exact) mass is 277 g/mol. The molecule has 1 saturated carbocycles. The van der Waals surface area contributed by atoms with Crippen molar-refractivity contribution in [3.63, 3.8) is 0 Å². The highest BCUT2D eigenvalue weighted by Gasteiger charge is 2.54. The standard InChI is InChI=1S/C14H19N3O3/c15-13(19)10-7-9(1-4-16-10)17-11-8-12(18)14(11)2-5-20-6-3-14/h1,4,7,11-12,18H,2-3,5-6,8H2,(H2,15,19)(H,16,17)/t11-,12-/m1/s1. The topological polar surface area (TPSA) is 97.5 Å². The van der Waals surface area contributed by atoms with E-state index in [1.165, 1.54) is 0 Å². The Bertz CT molecular complexity index is 514. The first-order chi connectivity index (χ1) is 9.62. The number of anilines is 1. The van der Waals surface area contributed by atoms with Gasteiger partial charge in [-0.1, -0.05) is 0 Å². The van der Waals surface area contributed by atoms with Gasteiger partial charge in [0.15, 0.2) is 0 Å². The molecule has 4 N–H and O–H groups in total. The van der Waals surface area contributed by atoms with E-state index in [9.17, 15) is 9.90 Å². The molecule has 0 aromatic carbocycles. The molecule has 2 heterocycles. The Balaban J connectivity index is 1.74. The lowest BCUT2D eigenvalue weighted by molar-refractivity contribution is -0.133. The van der Waals surface area contributed by atoms with Crippen molar-refractivity contribution in [2.24, 2.45) is 11.1 Å². The SMILES string of the molecule is NC(=O)c1cc(N[C@@H]2C[C@@H](O)C23CCOCC3)ccn1. The highest BCUT2D eigenvalue weighted by atomic mass is 16.5. The molecule has 20 heavy (non-hydrogen) atoms.